The highest BCUT2D eigenvalue weighted by Crippen LogP contribution is 2.25. The number of ether oxygens (including phenoxy) is 2. The summed E-state index contributed by atoms with van der Waals surface area (Å²) in [6, 6.07) is 8.72. The second kappa shape index (κ2) is 26.3. The standard InChI is InChI=1S/C48H67N7O15S/c1-9-27(4)38(51-43(59)36(68-8)26-69-71(65,66)67)44(60)53-40-29(6)70-48(64)39(28(5)10-2)52-42(58)34(24-30-18-14-12-15-19-30)54(7)47(63)35(25-31-20-16-13-17-21-31)55-37(56)23-22-33(46(55)62)50-41(57)32(11-3)49-45(40)61/h11-21,27-29,33-40,56H,9-10,22-26H2,1-8H3,(H,49,61)(H,50,57)(H,51,59)(H,52,58)(H,53,60)(H,65,66,67). The number of likely N-dealkylation sites (N-methyl/N-ethyl adjacent to an activating group) is 1. The Balaban J connectivity index is 1.84. The van der Waals surface area contributed by atoms with Gasteiger partial charge in [-0.3, -0.25) is 38.1 Å². The summed E-state index contributed by atoms with van der Waals surface area (Å²) in [5.74, 6) is -8.76. The number of nitrogens with one attached hydrogen (secondary N) is 5. The summed E-state index contributed by atoms with van der Waals surface area (Å²) in [4.78, 5) is 117. The smallest absolute Gasteiger partial charge is 0.397 e. The minimum atomic E-state index is -4.99. The largest absolute Gasteiger partial charge is 0.458 e. The number of hydrogen-bond donors (Lipinski definition) is 7. The van der Waals surface area contributed by atoms with Crippen LogP contribution in [-0.2, 0) is 75.3 Å². The van der Waals surface area contributed by atoms with Crippen molar-refractivity contribution in [3.63, 3.8) is 0 Å². The maximum Gasteiger partial charge on any atom is 0.397 e. The first-order valence-electron chi connectivity index (χ1n) is 23.4. The van der Waals surface area contributed by atoms with E-state index < -0.39 is 137 Å². The van der Waals surface area contributed by atoms with Gasteiger partial charge in [-0.05, 0) is 49.7 Å². The fourth-order valence-electron chi connectivity index (χ4n) is 8.11. The number of benzene rings is 2. The monoisotopic (exact) mass is 1010 g/mol. The number of aliphatic hydroxyl groups is 1. The zero-order chi connectivity index (χ0) is 52.7. The molecule has 0 spiro atoms. The van der Waals surface area contributed by atoms with Gasteiger partial charge >= 0.3 is 16.4 Å². The Labute approximate surface area is 413 Å². The van der Waals surface area contributed by atoms with Crippen molar-refractivity contribution in [3.8, 4) is 0 Å². The third-order valence-corrected chi connectivity index (χ3v) is 13.3. The topological polar surface area (TPSA) is 305 Å². The van der Waals surface area contributed by atoms with Gasteiger partial charge in [-0.15, -0.1) is 0 Å². The zero-order valence-electron chi connectivity index (χ0n) is 41.2. The second-order valence-corrected chi connectivity index (χ2v) is 18.8. The van der Waals surface area contributed by atoms with Crippen LogP contribution >= 0.6 is 0 Å². The number of hydrogen-bond acceptors (Lipinski definition) is 14. The second-order valence-electron chi connectivity index (χ2n) is 17.7. The summed E-state index contributed by atoms with van der Waals surface area (Å²) in [7, 11) is -2.55. The van der Waals surface area contributed by atoms with Crippen molar-refractivity contribution in [3.05, 3.63) is 83.6 Å². The van der Waals surface area contributed by atoms with E-state index in [4.69, 9.17) is 14.0 Å². The van der Waals surface area contributed by atoms with Gasteiger partial charge in [-0.1, -0.05) is 107 Å². The van der Waals surface area contributed by atoms with Crippen molar-refractivity contribution in [2.45, 2.75) is 135 Å². The lowest BCUT2D eigenvalue weighted by atomic mass is 9.95. The van der Waals surface area contributed by atoms with Crippen LogP contribution in [-0.4, -0.2) is 151 Å². The van der Waals surface area contributed by atoms with Gasteiger partial charge in [0, 0.05) is 27.0 Å². The normalized spacial score (nSPS) is 25.5. The number of fused-ring (bicyclic) bond motifs is 2. The van der Waals surface area contributed by atoms with E-state index in [1.54, 1.807) is 88.4 Å². The van der Waals surface area contributed by atoms with E-state index >= 15 is 4.79 Å². The summed E-state index contributed by atoms with van der Waals surface area (Å²) in [6.07, 6.45) is -3.24. The van der Waals surface area contributed by atoms with Crippen molar-refractivity contribution < 1.29 is 70.1 Å². The first-order chi connectivity index (χ1) is 33.5. The van der Waals surface area contributed by atoms with Crippen molar-refractivity contribution in [2.24, 2.45) is 11.8 Å². The molecule has 0 radical (unpaired) electrons. The number of carbonyl (C=O) groups excluding carboxylic acids is 8. The van der Waals surface area contributed by atoms with Crippen LogP contribution in [0.3, 0.4) is 0 Å². The summed E-state index contributed by atoms with van der Waals surface area (Å²) in [5, 5.41) is 24.3. The van der Waals surface area contributed by atoms with Gasteiger partial charge in [-0.2, -0.15) is 8.42 Å². The maximum absolute atomic E-state index is 15.0. The van der Waals surface area contributed by atoms with Crippen molar-refractivity contribution in [1.29, 1.82) is 0 Å². The number of methoxy groups -OCH3 is 1. The Hall–Kier alpha value is -6.27. The fourth-order valence-corrected chi connectivity index (χ4v) is 8.40. The molecule has 2 aliphatic heterocycles. The molecule has 11 unspecified atom stereocenters. The number of amides is 7. The van der Waals surface area contributed by atoms with Gasteiger partial charge in [-0.25, -0.2) is 8.98 Å². The highest BCUT2D eigenvalue weighted by Gasteiger charge is 2.46. The van der Waals surface area contributed by atoms with E-state index in [0.29, 0.717) is 17.5 Å². The number of aliphatic hydroxyl groups excluding tert-OH is 1. The molecule has 7 N–H and O–H groups in total. The van der Waals surface area contributed by atoms with Gasteiger partial charge in [0.2, 0.25) is 23.6 Å². The summed E-state index contributed by atoms with van der Waals surface area (Å²) in [6.45, 7) is 8.43. The SMILES string of the molecule is CC=C1NC(=O)C(NC(=O)C(NC(=O)C(COS(=O)(=O)O)OC)C(C)CC)C(C)OC(=O)C(C(C)CC)NC(=O)C(Cc2ccccc2)N(C)C(=O)C(Cc2ccccc2)N2C(=O)C(CCC2O)NC1=O. The minimum Gasteiger partial charge on any atom is -0.458 e. The van der Waals surface area contributed by atoms with E-state index in [-0.39, 0.29) is 32.1 Å². The van der Waals surface area contributed by atoms with E-state index in [9.17, 15) is 47.1 Å². The third kappa shape index (κ3) is 15.6. The summed E-state index contributed by atoms with van der Waals surface area (Å²) < 4.78 is 46.8. The summed E-state index contributed by atoms with van der Waals surface area (Å²) in [5.41, 5.74) is 0.846. The molecule has 71 heavy (non-hydrogen) atoms. The summed E-state index contributed by atoms with van der Waals surface area (Å²) >= 11 is 0. The van der Waals surface area contributed by atoms with Crippen LogP contribution in [0, 0.1) is 11.8 Å². The van der Waals surface area contributed by atoms with Gasteiger partial charge in [0.15, 0.2) is 6.10 Å². The third-order valence-electron chi connectivity index (χ3n) is 12.8. The molecular formula is C48H67N7O15S. The van der Waals surface area contributed by atoms with Gasteiger partial charge < -0.3 is 51.0 Å². The molecule has 0 saturated carbocycles. The Morgan fingerprint density at radius 1 is 0.873 bits per heavy atom. The van der Waals surface area contributed by atoms with Gasteiger partial charge in [0.05, 0.1) is 0 Å². The molecule has 22 nitrogen and oxygen atoms in total. The van der Waals surface area contributed by atoms with Crippen molar-refractivity contribution >= 4 is 57.7 Å². The lowest BCUT2D eigenvalue weighted by Gasteiger charge is -2.43. The molecule has 390 valence electrons. The number of esters is 1. The number of cyclic esters (lactones) is 1. The van der Waals surface area contributed by atoms with Gasteiger partial charge in [0.1, 0.15) is 60.9 Å². The highest BCUT2D eigenvalue weighted by atomic mass is 32.3. The van der Waals surface area contributed by atoms with E-state index in [2.05, 4.69) is 30.8 Å². The molecule has 2 aromatic carbocycles. The molecule has 11 atom stereocenters. The molecule has 7 amide bonds. The molecule has 2 bridgehead atoms. The molecule has 0 aliphatic carbocycles. The number of piperidine rings is 1. The average molecular weight is 1010 g/mol. The number of carbonyl (C=O) groups is 8. The molecule has 2 fully saturated rings. The number of allylic oxidation sites excluding steroid dienone is 1. The molecule has 2 aromatic rings. The van der Waals surface area contributed by atoms with E-state index in [1.807, 2.05) is 0 Å². The van der Waals surface area contributed by atoms with Crippen molar-refractivity contribution in [2.75, 3.05) is 20.8 Å². The van der Waals surface area contributed by atoms with Crippen LogP contribution in [0.25, 0.3) is 0 Å². The van der Waals surface area contributed by atoms with E-state index in [0.717, 1.165) is 12.0 Å². The number of rotatable bonds is 16. The Morgan fingerprint density at radius 2 is 1.46 bits per heavy atom. The quantitative estimate of drug-likeness (QED) is 0.0682. The van der Waals surface area contributed by atoms with Crippen molar-refractivity contribution in [1.82, 2.24) is 36.4 Å². The molecule has 2 heterocycles. The van der Waals surface area contributed by atoms with Crippen LogP contribution in [0.1, 0.15) is 78.4 Å². The fraction of sp³-hybridized carbons (Fsp3) is 0.542. The van der Waals surface area contributed by atoms with Crippen LogP contribution in [0.15, 0.2) is 72.4 Å². The predicted octanol–water partition coefficient (Wildman–Crippen LogP) is 0.439. The Morgan fingerprint density at radius 3 is 2.00 bits per heavy atom. The van der Waals surface area contributed by atoms with Crippen LogP contribution in [0.2, 0.25) is 0 Å². The highest BCUT2D eigenvalue weighted by molar-refractivity contribution is 7.80. The zero-order valence-corrected chi connectivity index (χ0v) is 42.0. The molecule has 23 heteroatoms. The Bertz CT molecular complexity index is 2360. The van der Waals surface area contributed by atoms with Crippen LogP contribution in [0.5, 0.6) is 0 Å². The average Bonchev–Trinajstić information content (AvgIpc) is 3.34. The van der Waals surface area contributed by atoms with Crippen LogP contribution < -0.4 is 26.6 Å². The molecule has 2 saturated heterocycles. The maximum atomic E-state index is 15.0. The van der Waals surface area contributed by atoms with E-state index in [1.165, 1.54) is 31.9 Å². The number of nitrogens with zero attached hydrogens (tertiary/aromatic N) is 2. The molecule has 2 aliphatic rings. The molecule has 4 rings (SSSR count). The molecular weight excluding hydrogens is 947 g/mol. The minimum absolute atomic E-state index is 0.0617. The lowest BCUT2D eigenvalue weighted by molar-refractivity contribution is -0.165. The lowest BCUT2D eigenvalue weighted by Crippen LogP contribution is -2.64. The first-order valence-corrected chi connectivity index (χ1v) is 24.8. The van der Waals surface area contributed by atoms with Crippen LogP contribution in [0.4, 0.5) is 0 Å². The molecule has 0 aromatic heterocycles. The predicted molar refractivity (Wildman–Crippen MR) is 255 cm³/mol. The van der Waals surface area contributed by atoms with Gasteiger partial charge in [0.25, 0.3) is 17.7 Å². The first kappa shape index (κ1) is 57.3. The Kier molecular flexibility index (Phi) is 21.2.